The van der Waals surface area contributed by atoms with E-state index in [9.17, 15) is 13.6 Å². The van der Waals surface area contributed by atoms with Crippen LogP contribution in [-0.2, 0) is 13.0 Å². The highest BCUT2D eigenvalue weighted by atomic mass is 35.5. The molecule has 0 spiro atoms. The molecule has 7 heteroatoms. The summed E-state index contributed by atoms with van der Waals surface area (Å²) in [6.45, 7) is 0.407. The lowest BCUT2D eigenvalue weighted by Crippen LogP contribution is -2.25. The van der Waals surface area contributed by atoms with Gasteiger partial charge < -0.3 is 15.7 Å². The molecule has 0 unspecified atom stereocenters. The predicted octanol–water partition coefficient (Wildman–Crippen LogP) is 4.49. The molecule has 24 heavy (non-hydrogen) atoms. The zero-order valence-corrected chi connectivity index (χ0v) is 13.3. The van der Waals surface area contributed by atoms with Crippen molar-refractivity contribution in [3.8, 4) is 0 Å². The van der Waals surface area contributed by atoms with Gasteiger partial charge in [-0.1, -0.05) is 17.7 Å². The first-order valence-electron chi connectivity index (χ1n) is 7.44. The molecule has 0 radical (unpaired) electrons. The molecule has 0 bridgehead atoms. The molecule has 0 saturated heterocycles. The van der Waals surface area contributed by atoms with E-state index in [1.165, 1.54) is 18.2 Å². The van der Waals surface area contributed by atoms with Crippen molar-refractivity contribution >= 4 is 23.4 Å². The Morgan fingerprint density at radius 3 is 2.71 bits per heavy atom. The van der Waals surface area contributed by atoms with Crippen molar-refractivity contribution in [2.45, 2.75) is 25.4 Å². The molecule has 126 valence electrons. The zero-order chi connectivity index (χ0) is 17.3. The second-order valence-electron chi connectivity index (χ2n) is 5.62. The average Bonchev–Trinajstić information content (AvgIpc) is 2.94. The highest BCUT2D eigenvalue weighted by molar-refractivity contribution is 6.31. The van der Waals surface area contributed by atoms with Gasteiger partial charge >= 0.3 is 6.09 Å². The van der Waals surface area contributed by atoms with Crippen LogP contribution in [0.1, 0.15) is 29.2 Å². The summed E-state index contributed by atoms with van der Waals surface area (Å²) in [6.07, 6.45) is -0.0475. The van der Waals surface area contributed by atoms with E-state index in [1.807, 2.05) is 0 Å². The zero-order valence-electron chi connectivity index (χ0n) is 12.6. The molecule has 0 fully saturated rings. The van der Waals surface area contributed by atoms with Crippen molar-refractivity contribution in [2.75, 3.05) is 5.32 Å². The lowest BCUT2D eigenvalue weighted by Gasteiger charge is -2.15. The Balaban J connectivity index is 1.81. The predicted molar refractivity (Wildman–Crippen MR) is 87.4 cm³/mol. The number of carboxylic acid groups (broad SMARTS) is 1. The maximum Gasteiger partial charge on any atom is 0.405 e. The summed E-state index contributed by atoms with van der Waals surface area (Å²) in [6, 6.07) is 6.81. The summed E-state index contributed by atoms with van der Waals surface area (Å²) in [4.78, 5) is 10.8. The molecule has 4 nitrogen and oxygen atoms in total. The van der Waals surface area contributed by atoms with Crippen LogP contribution in [0.4, 0.5) is 19.3 Å². The van der Waals surface area contributed by atoms with Gasteiger partial charge in [0.05, 0.1) is 11.1 Å². The van der Waals surface area contributed by atoms with Gasteiger partial charge in [-0.3, -0.25) is 0 Å². The number of fused-ring (bicyclic) bond motifs is 1. The van der Waals surface area contributed by atoms with E-state index < -0.39 is 23.8 Å². The monoisotopic (exact) mass is 352 g/mol. The van der Waals surface area contributed by atoms with Crippen molar-refractivity contribution < 1.29 is 18.7 Å². The molecular weight excluding hydrogens is 338 g/mol. The average molecular weight is 353 g/mol. The number of halogens is 3. The van der Waals surface area contributed by atoms with E-state index in [0.717, 1.165) is 11.1 Å². The normalized spacial score (nSPS) is 15.9. The molecule has 1 aliphatic carbocycles. The molecule has 0 aromatic heterocycles. The standard InChI is InChI=1S/C17H15ClF2N2O2/c18-12-7-10(2-5-13(12)19)21-8-9-1-4-14(20)16-11(9)3-6-15(16)22-17(23)24/h1-2,4-5,7,15,21-22H,3,6,8H2,(H,23,24)/t15-/m0/s1. The van der Waals surface area contributed by atoms with Crippen molar-refractivity contribution in [1.29, 1.82) is 0 Å². The Kier molecular flexibility index (Phi) is 4.57. The number of nitrogens with one attached hydrogen (secondary N) is 2. The van der Waals surface area contributed by atoms with E-state index in [4.69, 9.17) is 16.7 Å². The fraction of sp³-hybridized carbons (Fsp3) is 0.235. The van der Waals surface area contributed by atoms with Gasteiger partial charge in [-0.25, -0.2) is 13.6 Å². The number of anilines is 1. The number of hydrogen-bond donors (Lipinski definition) is 3. The van der Waals surface area contributed by atoms with Crippen LogP contribution in [0.15, 0.2) is 30.3 Å². The highest BCUT2D eigenvalue weighted by Crippen LogP contribution is 2.35. The van der Waals surface area contributed by atoms with Gasteiger partial charge in [-0.05, 0) is 48.2 Å². The van der Waals surface area contributed by atoms with Gasteiger partial charge in [-0.15, -0.1) is 0 Å². The summed E-state index contributed by atoms with van der Waals surface area (Å²) >= 11 is 5.75. The van der Waals surface area contributed by atoms with E-state index in [2.05, 4.69) is 10.6 Å². The molecule has 0 aliphatic heterocycles. The maximum atomic E-state index is 14.1. The Bertz CT molecular complexity index is 798. The third-order valence-corrected chi connectivity index (χ3v) is 4.42. The van der Waals surface area contributed by atoms with Crippen LogP contribution in [0.5, 0.6) is 0 Å². The number of amides is 1. The number of rotatable bonds is 4. The highest BCUT2D eigenvalue weighted by Gasteiger charge is 2.29. The van der Waals surface area contributed by atoms with Crippen LogP contribution >= 0.6 is 11.6 Å². The minimum Gasteiger partial charge on any atom is -0.465 e. The SMILES string of the molecule is O=C(O)N[C@H]1CCc2c(CNc3ccc(F)c(Cl)c3)ccc(F)c21. The maximum absolute atomic E-state index is 14.1. The lowest BCUT2D eigenvalue weighted by molar-refractivity contribution is 0.189. The lowest BCUT2D eigenvalue weighted by atomic mass is 10.0. The summed E-state index contributed by atoms with van der Waals surface area (Å²) in [5.41, 5.74) is 2.75. The van der Waals surface area contributed by atoms with Gasteiger partial charge in [0, 0.05) is 17.8 Å². The summed E-state index contributed by atoms with van der Waals surface area (Å²) in [5, 5.41) is 14.4. The fourth-order valence-electron chi connectivity index (χ4n) is 3.05. The largest absolute Gasteiger partial charge is 0.465 e. The fourth-order valence-corrected chi connectivity index (χ4v) is 3.23. The van der Waals surface area contributed by atoms with Crippen LogP contribution < -0.4 is 10.6 Å². The van der Waals surface area contributed by atoms with E-state index in [-0.39, 0.29) is 5.02 Å². The van der Waals surface area contributed by atoms with Crippen LogP contribution in [-0.4, -0.2) is 11.2 Å². The summed E-state index contributed by atoms with van der Waals surface area (Å²) < 4.78 is 27.3. The molecule has 2 aromatic carbocycles. The molecule has 1 amide bonds. The van der Waals surface area contributed by atoms with Crippen LogP contribution in [0.2, 0.25) is 5.02 Å². The van der Waals surface area contributed by atoms with Gasteiger partial charge in [0.15, 0.2) is 0 Å². The Morgan fingerprint density at radius 2 is 2.00 bits per heavy atom. The first kappa shape index (κ1) is 16.5. The minimum absolute atomic E-state index is 0.0232. The third kappa shape index (κ3) is 3.28. The molecule has 2 aromatic rings. The molecule has 3 N–H and O–H groups in total. The quantitative estimate of drug-likeness (QED) is 0.760. The first-order chi connectivity index (χ1) is 11.5. The second-order valence-corrected chi connectivity index (χ2v) is 6.03. The molecule has 0 heterocycles. The molecular formula is C17H15ClF2N2O2. The number of benzene rings is 2. The third-order valence-electron chi connectivity index (χ3n) is 4.13. The summed E-state index contributed by atoms with van der Waals surface area (Å²) in [7, 11) is 0. The van der Waals surface area contributed by atoms with Crippen molar-refractivity contribution in [1.82, 2.24) is 5.32 Å². The van der Waals surface area contributed by atoms with E-state index in [0.29, 0.717) is 30.6 Å². The molecule has 0 saturated carbocycles. The molecule has 3 rings (SSSR count). The first-order valence-corrected chi connectivity index (χ1v) is 7.82. The number of hydrogen-bond acceptors (Lipinski definition) is 2. The summed E-state index contributed by atoms with van der Waals surface area (Å²) in [5.74, 6) is -0.901. The molecule has 1 atom stereocenters. The van der Waals surface area contributed by atoms with Crippen molar-refractivity contribution in [3.05, 3.63) is 63.7 Å². The molecule has 1 aliphatic rings. The van der Waals surface area contributed by atoms with Crippen LogP contribution in [0.25, 0.3) is 0 Å². The topological polar surface area (TPSA) is 61.4 Å². The smallest absolute Gasteiger partial charge is 0.405 e. The van der Waals surface area contributed by atoms with Gasteiger partial charge in [0.1, 0.15) is 11.6 Å². The van der Waals surface area contributed by atoms with Crippen molar-refractivity contribution in [2.24, 2.45) is 0 Å². The number of carbonyl (C=O) groups is 1. The van der Waals surface area contributed by atoms with Crippen molar-refractivity contribution in [3.63, 3.8) is 0 Å². The van der Waals surface area contributed by atoms with E-state index in [1.54, 1.807) is 12.1 Å². The minimum atomic E-state index is -1.17. The second kappa shape index (κ2) is 6.65. The van der Waals surface area contributed by atoms with E-state index >= 15 is 0 Å². The van der Waals surface area contributed by atoms with Gasteiger partial charge in [0.2, 0.25) is 0 Å². The van der Waals surface area contributed by atoms with Crippen LogP contribution in [0.3, 0.4) is 0 Å². The Labute approximate surface area is 142 Å². The van der Waals surface area contributed by atoms with Crippen LogP contribution in [0, 0.1) is 11.6 Å². The van der Waals surface area contributed by atoms with Gasteiger partial charge in [-0.2, -0.15) is 0 Å². The Morgan fingerprint density at radius 1 is 1.25 bits per heavy atom. The Hall–Kier alpha value is -2.34. The van der Waals surface area contributed by atoms with Gasteiger partial charge in [0.25, 0.3) is 0 Å².